The third-order valence-corrected chi connectivity index (χ3v) is 3.72. The number of nitriles is 1. The summed E-state index contributed by atoms with van der Waals surface area (Å²) >= 11 is 0. The zero-order chi connectivity index (χ0) is 15.2. The van der Waals surface area contributed by atoms with Crippen molar-refractivity contribution < 1.29 is 9.18 Å². The van der Waals surface area contributed by atoms with E-state index in [0.29, 0.717) is 12.2 Å². The van der Waals surface area contributed by atoms with Gasteiger partial charge < -0.3 is 10.6 Å². The molecule has 1 heterocycles. The summed E-state index contributed by atoms with van der Waals surface area (Å²) in [6, 6.07) is 6.69. The molecule has 1 aliphatic rings. The Balaban J connectivity index is 1.91. The lowest BCUT2D eigenvalue weighted by molar-refractivity contribution is -0.122. The predicted octanol–water partition coefficient (Wildman–Crippen LogP) is 1.32. The number of benzene rings is 1. The van der Waals surface area contributed by atoms with Gasteiger partial charge in [0.2, 0.25) is 5.91 Å². The summed E-state index contributed by atoms with van der Waals surface area (Å²) in [6.45, 7) is 2.03. The summed E-state index contributed by atoms with van der Waals surface area (Å²) in [4.78, 5) is 13.4. The summed E-state index contributed by atoms with van der Waals surface area (Å²) in [5.74, 6) is -0.488. The first kappa shape index (κ1) is 15.3. The molecule has 2 N–H and O–H groups in total. The third-order valence-electron chi connectivity index (χ3n) is 3.72. The molecule has 0 spiro atoms. The largest absolute Gasteiger partial charge is 0.381 e. The minimum absolute atomic E-state index is 0.0123. The Morgan fingerprint density at radius 3 is 2.81 bits per heavy atom. The smallest absolute Gasteiger partial charge is 0.233 e. The van der Waals surface area contributed by atoms with Crippen LogP contribution in [0.3, 0.4) is 0 Å². The van der Waals surface area contributed by atoms with Gasteiger partial charge in [0.25, 0.3) is 0 Å². The Morgan fingerprint density at radius 1 is 1.48 bits per heavy atom. The summed E-state index contributed by atoms with van der Waals surface area (Å²) in [5.41, 5.74) is 0.604. The van der Waals surface area contributed by atoms with E-state index in [1.54, 1.807) is 19.2 Å². The van der Waals surface area contributed by atoms with Crippen molar-refractivity contribution >= 4 is 11.6 Å². The molecule has 1 amide bonds. The van der Waals surface area contributed by atoms with Gasteiger partial charge in [-0.2, -0.15) is 5.26 Å². The monoisotopic (exact) mass is 290 g/mol. The van der Waals surface area contributed by atoms with Gasteiger partial charge in [-0.05, 0) is 25.0 Å². The molecule has 1 saturated heterocycles. The standard InChI is InChI=1S/C15H19FN4O/c1-18-15(21)10-20-7-5-11(6-8-20)19-14-4-2-3-13(16)12(14)9-17/h2-4,11,19H,5-8,10H2,1H3,(H,18,21). The minimum atomic E-state index is -0.500. The minimum Gasteiger partial charge on any atom is -0.381 e. The normalized spacial score (nSPS) is 16.2. The molecule has 0 atom stereocenters. The average molecular weight is 290 g/mol. The van der Waals surface area contributed by atoms with Crippen LogP contribution in [0.4, 0.5) is 10.1 Å². The van der Waals surface area contributed by atoms with Gasteiger partial charge in [0.05, 0.1) is 12.2 Å². The number of likely N-dealkylation sites (N-methyl/N-ethyl adjacent to an activating group) is 1. The molecule has 5 nitrogen and oxygen atoms in total. The van der Waals surface area contributed by atoms with Crippen LogP contribution in [0, 0.1) is 17.1 Å². The summed E-state index contributed by atoms with van der Waals surface area (Å²) < 4.78 is 13.5. The van der Waals surface area contributed by atoms with Gasteiger partial charge in [0, 0.05) is 26.2 Å². The molecule has 0 aromatic heterocycles. The highest BCUT2D eigenvalue weighted by Gasteiger charge is 2.21. The molecule has 1 aliphatic heterocycles. The first-order valence-corrected chi connectivity index (χ1v) is 7.02. The zero-order valence-electron chi connectivity index (χ0n) is 12.0. The van der Waals surface area contributed by atoms with E-state index in [1.807, 2.05) is 6.07 Å². The highest BCUT2D eigenvalue weighted by molar-refractivity contribution is 5.77. The number of halogens is 1. The van der Waals surface area contributed by atoms with Crippen molar-refractivity contribution in [2.45, 2.75) is 18.9 Å². The number of hydrogen-bond donors (Lipinski definition) is 2. The number of anilines is 1. The second kappa shape index (κ2) is 7.04. The Labute approximate surface area is 123 Å². The number of amides is 1. The fraction of sp³-hybridized carbons (Fsp3) is 0.467. The SMILES string of the molecule is CNC(=O)CN1CCC(Nc2cccc(F)c2C#N)CC1. The van der Waals surface area contributed by atoms with Gasteiger partial charge in [-0.3, -0.25) is 9.69 Å². The average Bonchev–Trinajstić information content (AvgIpc) is 2.49. The molecule has 1 fully saturated rings. The van der Waals surface area contributed by atoms with Crippen molar-refractivity contribution in [3.8, 4) is 6.07 Å². The van der Waals surface area contributed by atoms with Gasteiger partial charge in [-0.15, -0.1) is 0 Å². The van der Waals surface area contributed by atoms with Crippen LogP contribution in [0.2, 0.25) is 0 Å². The number of likely N-dealkylation sites (tertiary alicyclic amines) is 1. The van der Waals surface area contributed by atoms with Crippen LogP contribution in [0.25, 0.3) is 0 Å². The van der Waals surface area contributed by atoms with Gasteiger partial charge in [-0.1, -0.05) is 6.07 Å². The second-order valence-corrected chi connectivity index (χ2v) is 5.14. The third kappa shape index (κ3) is 3.92. The lowest BCUT2D eigenvalue weighted by Gasteiger charge is -2.32. The number of piperidine rings is 1. The number of hydrogen-bond acceptors (Lipinski definition) is 4. The van der Waals surface area contributed by atoms with Crippen molar-refractivity contribution in [1.82, 2.24) is 10.2 Å². The van der Waals surface area contributed by atoms with Crippen molar-refractivity contribution in [1.29, 1.82) is 5.26 Å². The van der Waals surface area contributed by atoms with Crippen molar-refractivity contribution in [3.63, 3.8) is 0 Å². The summed E-state index contributed by atoms with van der Waals surface area (Å²) in [7, 11) is 1.63. The van der Waals surface area contributed by atoms with E-state index in [4.69, 9.17) is 5.26 Å². The Bertz CT molecular complexity index is 547. The highest BCUT2D eigenvalue weighted by Crippen LogP contribution is 2.21. The highest BCUT2D eigenvalue weighted by atomic mass is 19.1. The maximum absolute atomic E-state index is 13.5. The number of nitrogens with zero attached hydrogens (tertiary/aromatic N) is 2. The Morgan fingerprint density at radius 2 is 2.19 bits per heavy atom. The van der Waals surface area contributed by atoms with Gasteiger partial charge in [0.1, 0.15) is 17.4 Å². The van der Waals surface area contributed by atoms with Crippen molar-refractivity contribution in [2.75, 3.05) is 32.0 Å². The lowest BCUT2D eigenvalue weighted by Crippen LogP contribution is -2.43. The fourth-order valence-electron chi connectivity index (χ4n) is 2.50. The molecule has 2 rings (SSSR count). The van der Waals surface area contributed by atoms with Gasteiger partial charge >= 0.3 is 0 Å². The summed E-state index contributed by atoms with van der Waals surface area (Å²) in [5, 5.41) is 14.9. The molecule has 0 saturated carbocycles. The van der Waals surface area contributed by atoms with E-state index in [0.717, 1.165) is 25.9 Å². The predicted molar refractivity (Wildman–Crippen MR) is 78.3 cm³/mol. The van der Waals surface area contributed by atoms with Crippen LogP contribution in [0.5, 0.6) is 0 Å². The molecule has 0 unspecified atom stereocenters. The molecular formula is C15H19FN4O. The van der Waals surface area contributed by atoms with Gasteiger partial charge in [0.15, 0.2) is 0 Å². The molecule has 0 aliphatic carbocycles. The number of nitrogens with one attached hydrogen (secondary N) is 2. The topological polar surface area (TPSA) is 68.2 Å². The Hall–Kier alpha value is -2.13. The molecule has 112 valence electrons. The van der Waals surface area contributed by atoms with E-state index < -0.39 is 5.82 Å². The van der Waals surface area contributed by atoms with E-state index in [1.165, 1.54) is 6.07 Å². The Kier molecular flexibility index (Phi) is 5.12. The molecule has 6 heteroatoms. The number of rotatable bonds is 4. The molecule has 21 heavy (non-hydrogen) atoms. The maximum Gasteiger partial charge on any atom is 0.233 e. The van der Waals surface area contributed by atoms with Crippen molar-refractivity contribution in [3.05, 3.63) is 29.6 Å². The van der Waals surface area contributed by atoms with Crippen LogP contribution in [-0.2, 0) is 4.79 Å². The van der Waals surface area contributed by atoms with E-state index in [-0.39, 0.29) is 17.5 Å². The van der Waals surface area contributed by atoms with Crippen LogP contribution >= 0.6 is 0 Å². The number of carbonyl (C=O) groups is 1. The molecule has 1 aromatic rings. The van der Waals surface area contributed by atoms with Gasteiger partial charge in [-0.25, -0.2) is 4.39 Å². The quantitative estimate of drug-likeness (QED) is 0.877. The fourth-order valence-corrected chi connectivity index (χ4v) is 2.50. The summed E-state index contributed by atoms with van der Waals surface area (Å²) in [6.07, 6.45) is 1.72. The van der Waals surface area contributed by atoms with E-state index in [9.17, 15) is 9.18 Å². The molecular weight excluding hydrogens is 271 g/mol. The van der Waals surface area contributed by atoms with E-state index >= 15 is 0 Å². The van der Waals surface area contributed by atoms with E-state index in [2.05, 4.69) is 15.5 Å². The lowest BCUT2D eigenvalue weighted by atomic mass is 10.0. The molecule has 0 bridgehead atoms. The molecule has 1 aromatic carbocycles. The van der Waals surface area contributed by atoms with Crippen LogP contribution in [-0.4, -0.2) is 43.5 Å². The second-order valence-electron chi connectivity index (χ2n) is 5.14. The first-order chi connectivity index (χ1) is 10.1. The zero-order valence-corrected chi connectivity index (χ0v) is 12.0. The van der Waals surface area contributed by atoms with Crippen LogP contribution < -0.4 is 10.6 Å². The first-order valence-electron chi connectivity index (χ1n) is 7.02. The van der Waals surface area contributed by atoms with Crippen molar-refractivity contribution in [2.24, 2.45) is 0 Å². The van der Waals surface area contributed by atoms with Crippen LogP contribution in [0.1, 0.15) is 18.4 Å². The van der Waals surface area contributed by atoms with Crippen LogP contribution in [0.15, 0.2) is 18.2 Å². The molecule has 0 radical (unpaired) electrons. The maximum atomic E-state index is 13.5. The number of carbonyl (C=O) groups excluding carboxylic acids is 1.